The maximum Gasteiger partial charge on any atom is 0.333 e. The van der Waals surface area contributed by atoms with Gasteiger partial charge in [0.05, 0.1) is 16.9 Å². The summed E-state index contributed by atoms with van der Waals surface area (Å²) in [7, 11) is -3.91. The van der Waals surface area contributed by atoms with Crippen LogP contribution >= 0.6 is 0 Å². The van der Waals surface area contributed by atoms with Crippen LogP contribution in [0.4, 0.5) is 14.6 Å². The fourth-order valence-electron chi connectivity index (χ4n) is 3.99. The van der Waals surface area contributed by atoms with Gasteiger partial charge in [0.25, 0.3) is 0 Å². The van der Waals surface area contributed by atoms with E-state index in [0.29, 0.717) is 17.8 Å². The molecule has 0 radical (unpaired) electrons. The van der Waals surface area contributed by atoms with Crippen LogP contribution in [0.25, 0.3) is 10.9 Å². The third-order valence-electron chi connectivity index (χ3n) is 5.51. The minimum Gasteiger partial charge on any atom is -0.354 e. The molecule has 1 aliphatic rings. The molecule has 0 saturated carbocycles. The lowest BCUT2D eigenvalue weighted by molar-refractivity contribution is 0.0538. The Morgan fingerprint density at radius 2 is 1.70 bits per heavy atom. The summed E-state index contributed by atoms with van der Waals surface area (Å²) in [5.41, 5.74) is 2.04. The van der Waals surface area contributed by atoms with Crippen LogP contribution in [0, 0.1) is 20.8 Å². The van der Waals surface area contributed by atoms with Gasteiger partial charge in [0.2, 0.25) is 10.0 Å². The van der Waals surface area contributed by atoms with E-state index in [2.05, 4.69) is 5.10 Å². The number of para-hydroxylation sites is 1. The van der Waals surface area contributed by atoms with Crippen molar-refractivity contribution in [3.05, 3.63) is 47.3 Å². The van der Waals surface area contributed by atoms with Crippen molar-refractivity contribution >= 4 is 26.7 Å². The third-order valence-corrected chi connectivity index (χ3v) is 7.67. The number of pyridine rings is 1. The largest absolute Gasteiger partial charge is 0.354 e. The van der Waals surface area contributed by atoms with Gasteiger partial charge < -0.3 is 4.90 Å². The lowest BCUT2D eigenvalue weighted by atomic mass is 10.1. The fraction of sp³-hybridized carbons (Fsp3) is 0.400. The first-order valence-corrected chi connectivity index (χ1v) is 11.1. The van der Waals surface area contributed by atoms with Gasteiger partial charge in [0.15, 0.2) is 0 Å². The van der Waals surface area contributed by atoms with Crippen molar-refractivity contribution < 1.29 is 17.2 Å². The van der Waals surface area contributed by atoms with E-state index in [4.69, 9.17) is 4.98 Å². The number of hydrogen-bond donors (Lipinski definition) is 0. The molecule has 0 N–H and O–H groups in total. The van der Waals surface area contributed by atoms with Gasteiger partial charge in [-0.15, -0.1) is 0 Å². The van der Waals surface area contributed by atoms with Crippen LogP contribution in [-0.4, -0.2) is 53.7 Å². The number of hydrogen-bond acceptors (Lipinski definition) is 5. The van der Waals surface area contributed by atoms with Gasteiger partial charge in [-0.3, -0.25) is 0 Å². The highest BCUT2D eigenvalue weighted by Gasteiger charge is 2.34. The maximum atomic E-state index is 13.1. The fourth-order valence-corrected chi connectivity index (χ4v) is 5.77. The first-order chi connectivity index (χ1) is 14.2. The average molecular weight is 436 g/mol. The second-order valence-electron chi connectivity index (χ2n) is 7.43. The standard InChI is InChI=1S/C20H23F2N5O2S/c1-13-12-18(23-17-7-5-4-6-16(13)17)25-8-10-26(11-9-25)30(28,29)19-14(2)24-27(15(19)3)20(21)22/h4-7,12,20H,8-11H2,1-3H3. The van der Waals surface area contributed by atoms with Crippen LogP contribution < -0.4 is 4.90 Å². The number of sulfonamides is 1. The van der Waals surface area contributed by atoms with Gasteiger partial charge in [-0.25, -0.2) is 18.1 Å². The van der Waals surface area contributed by atoms with Crippen molar-refractivity contribution in [2.24, 2.45) is 0 Å². The predicted molar refractivity (Wildman–Crippen MR) is 110 cm³/mol. The number of aryl methyl sites for hydroxylation is 2. The number of aromatic nitrogens is 3. The summed E-state index contributed by atoms with van der Waals surface area (Å²) >= 11 is 0. The van der Waals surface area contributed by atoms with Crippen molar-refractivity contribution in [2.75, 3.05) is 31.1 Å². The van der Waals surface area contributed by atoms with E-state index in [0.717, 1.165) is 22.3 Å². The van der Waals surface area contributed by atoms with Gasteiger partial charge in [-0.2, -0.15) is 18.2 Å². The Kier molecular flexibility index (Phi) is 5.23. The molecule has 3 heterocycles. The zero-order valence-corrected chi connectivity index (χ0v) is 17.8. The Hall–Kier alpha value is -2.59. The molecule has 1 aromatic carbocycles. The summed E-state index contributed by atoms with van der Waals surface area (Å²) < 4.78 is 54.3. The Bertz CT molecular complexity index is 1200. The second-order valence-corrected chi connectivity index (χ2v) is 9.30. The molecular formula is C20H23F2N5O2S. The summed E-state index contributed by atoms with van der Waals surface area (Å²) in [4.78, 5) is 6.64. The molecule has 3 aromatic rings. The van der Waals surface area contributed by atoms with E-state index in [1.807, 2.05) is 42.2 Å². The van der Waals surface area contributed by atoms with Crippen molar-refractivity contribution in [3.63, 3.8) is 0 Å². The summed E-state index contributed by atoms with van der Waals surface area (Å²) in [6.07, 6.45) is 0. The van der Waals surface area contributed by atoms with Gasteiger partial charge in [-0.05, 0) is 38.5 Å². The van der Waals surface area contributed by atoms with Crippen LogP contribution in [-0.2, 0) is 10.0 Å². The quantitative estimate of drug-likeness (QED) is 0.629. The Morgan fingerprint density at radius 1 is 1.03 bits per heavy atom. The van der Waals surface area contributed by atoms with Gasteiger partial charge in [-0.1, -0.05) is 18.2 Å². The molecule has 1 saturated heterocycles. The molecule has 0 aliphatic carbocycles. The van der Waals surface area contributed by atoms with Crippen LogP contribution in [0.15, 0.2) is 35.2 Å². The molecule has 0 unspecified atom stereocenters. The van der Waals surface area contributed by atoms with Crippen LogP contribution in [0.2, 0.25) is 0 Å². The summed E-state index contributed by atoms with van der Waals surface area (Å²) in [5, 5.41) is 4.80. The van der Waals surface area contributed by atoms with Gasteiger partial charge in [0, 0.05) is 31.6 Å². The van der Waals surface area contributed by atoms with Crippen LogP contribution in [0.3, 0.4) is 0 Å². The molecular weight excluding hydrogens is 412 g/mol. The van der Waals surface area contributed by atoms with E-state index in [-0.39, 0.29) is 29.4 Å². The lowest BCUT2D eigenvalue weighted by Gasteiger charge is -2.35. The van der Waals surface area contributed by atoms with E-state index in [1.54, 1.807) is 0 Å². The number of alkyl halides is 2. The van der Waals surface area contributed by atoms with Crippen LogP contribution in [0.1, 0.15) is 23.5 Å². The molecule has 0 bridgehead atoms. The zero-order chi connectivity index (χ0) is 21.6. The lowest BCUT2D eigenvalue weighted by Crippen LogP contribution is -2.49. The van der Waals surface area contributed by atoms with Gasteiger partial charge in [0.1, 0.15) is 10.7 Å². The Labute approximate surface area is 174 Å². The topological polar surface area (TPSA) is 71.3 Å². The Morgan fingerprint density at radius 3 is 2.33 bits per heavy atom. The number of benzene rings is 1. The number of halogens is 2. The van der Waals surface area contributed by atoms with Crippen molar-refractivity contribution in [1.29, 1.82) is 0 Å². The number of rotatable bonds is 4. The molecule has 1 fully saturated rings. The molecule has 10 heteroatoms. The molecule has 160 valence electrons. The number of fused-ring (bicyclic) bond motifs is 1. The van der Waals surface area contributed by atoms with Crippen molar-refractivity contribution in [1.82, 2.24) is 19.1 Å². The van der Waals surface area contributed by atoms with E-state index in [1.165, 1.54) is 18.2 Å². The average Bonchev–Trinajstić information content (AvgIpc) is 3.03. The SMILES string of the molecule is Cc1nn(C(F)F)c(C)c1S(=O)(=O)N1CCN(c2cc(C)c3ccccc3n2)CC1. The smallest absolute Gasteiger partial charge is 0.333 e. The molecule has 2 aromatic heterocycles. The highest BCUT2D eigenvalue weighted by molar-refractivity contribution is 7.89. The molecule has 7 nitrogen and oxygen atoms in total. The minimum atomic E-state index is -3.91. The highest BCUT2D eigenvalue weighted by Crippen LogP contribution is 2.28. The van der Waals surface area contributed by atoms with Gasteiger partial charge >= 0.3 is 6.55 Å². The highest BCUT2D eigenvalue weighted by atomic mass is 32.2. The molecule has 0 spiro atoms. The number of anilines is 1. The predicted octanol–water partition coefficient (Wildman–Crippen LogP) is 3.26. The minimum absolute atomic E-state index is 0.0447. The number of piperazine rings is 1. The summed E-state index contributed by atoms with van der Waals surface area (Å²) in [5.74, 6) is 0.807. The monoisotopic (exact) mass is 435 g/mol. The molecule has 4 rings (SSSR count). The first-order valence-electron chi connectivity index (χ1n) is 9.65. The Balaban J connectivity index is 1.56. The third kappa shape index (κ3) is 3.43. The summed E-state index contributed by atoms with van der Waals surface area (Å²) in [6.45, 7) is 3.36. The normalized spacial score (nSPS) is 16.0. The van der Waals surface area contributed by atoms with Crippen LogP contribution in [0.5, 0.6) is 0 Å². The molecule has 0 amide bonds. The molecule has 1 aliphatic heterocycles. The van der Waals surface area contributed by atoms with E-state index >= 15 is 0 Å². The summed E-state index contributed by atoms with van der Waals surface area (Å²) in [6, 6.07) is 9.90. The second kappa shape index (κ2) is 7.59. The zero-order valence-electron chi connectivity index (χ0n) is 17.0. The molecule has 30 heavy (non-hydrogen) atoms. The van der Waals surface area contributed by atoms with Crippen molar-refractivity contribution in [2.45, 2.75) is 32.2 Å². The molecule has 0 atom stereocenters. The first kappa shape index (κ1) is 20.7. The maximum absolute atomic E-state index is 13.1. The van der Waals surface area contributed by atoms with Crippen molar-refractivity contribution in [3.8, 4) is 0 Å². The van der Waals surface area contributed by atoms with E-state index < -0.39 is 16.6 Å². The van der Waals surface area contributed by atoms with E-state index in [9.17, 15) is 17.2 Å². The number of nitrogens with zero attached hydrogens (tertiary/aromatic N) is 5.